The molecule has 0 aromatic heterocycles. The Kier molecular flexibility index (Phi) is 14.0. The molecule has 0 rings (SSSR count). The highest BCUT2D eigenvalue weighted by Gasteiger charge is 1.99. The number of unbranched alkanes of at least 4 members (excludes halogenated alkanes) is 8. The Hall–Kier alpha value is -0.570. The first-order chi connectivity index (χ1) is 8.81. The highest BCUT2D eigenvalue weighted by atomic mass is 16.1. The zero-order chi connectivity index (χ0) is 13.5. The van der Waals surface area contributed by atoms with Crippen LogP contribution in [-0.4, -0.2) is 19.0 Å². The predicted octanol–water partition coefficient (Wildman–Crippen LogP) is 3.62. The van der Waals surface area contributed by atoms with Crippen LogP contribution in [0.2, 0.25) is 0 Å². The molecule has 0 bridgehead atoms. The van der Waals surface area contributed by atoms with Gasteiger partial charge < -0.3 is 11.1 Å². The fourth-order valence-electron chi connectivity index (χ4n) is 2.01. The molecule has 3 nitrogen and oxygen atoms in total. The number of carbonyl (C=O) groups excluding carboxylic acids is 1. The van der Waals surface area contributed by atoms with Crippen molar-refractivity contribution in [1.29, 1.82) is 0 Å². The normalized spacial score (nSPS) is 10.6. The van der Waals surface area contributed by atoms with Crippen LogP contribution in [0.5, 0.6) is 0 Å². The fourth-order valence-corrected chi connectivity index (χ4v) is 2.01. The van der Waals surface area contributed by atoms with Gasteiger partial charge in [0.25, 0.3) is 0 Å². The minimum atomic E-state index is 0. The molecule has 0 aliphatic heterocycles. The maximum atomic E-state index is 11.4. The van der Waals surface area contributed by atoms with Crippen molar-refractivity contribution in [2.24, 2.45) is 5.73 Å². The number of hydrogen-bond acceptors (Lipinski definition) is 2. The van der Waals surface area contributed by atoms with E-state index in [1.165, 1.54) is 51.4 Å². The van der Waals surface area contributed by atoms with Gasteiger partial charge in [-0.25, -0.2) is 0 Å². The van der Waals surface area contributed by atoms with Crippen LogP contribution in [0.1, 0.15) is 79.0 Å². The minimum Gasteiger partial charge on any atom is -0.356 e. The van der Waals surface area contributed by atoms with Crippen LogP contribution in [0.4, 0.5) is 0 Å². The van der Waals surface area contributed by atoms with Gasteiger partial charge in [-0.15, -0.1) is 0 Å². The number of nitrogens with two attached hydrogens (primary N) is 1. The molecule has 0 spiro atoms. The molecule has 0 fully saturated rings. The van der Waals surface area contributed by atoms with Crippen LogP contribution >= 0.6 is 0 Å². The topological polar surface area (TPSA) is 55.1 Å². The standard InChI is InChI=1S/C15H32N2O.H2/c1-2-3-4-5-6-7-8-9-10-12-15(18)17-14-11-13-16;/h2-14,16H2,1H3,(H,17,18);1H. The lowest BCUT2D eigenvalue weighted by molar-refractivity contribution is -0.121. The van der Waals surface area contributed by atoms with Gasteiger partial charge in [0.2, 0.25) is 5.91 Å². The van der Waals surface area contributed by atoms with E-state index in [4.69, 9.17) is 5.73 Å². The van der Waals surface area contributed by atoms with E-state index < -0.39 is 0 Å². The van der Waals surface area contributed by atoms with Gasteiger partial charge in [0.1, 0.15) is 0 Å². The quantitative estimate of drug-likeness (QED) is 0.496. The third-order valence-corrected chi connectivity index (χ3v) is 3.21. The average molecular weight is 258 g/mol. The minimum absolute atomic E-state index is 0. The molecule has 110 valence electrons. The Balaban J connectivity index is 0. The van der Waals surface area contributed by atoms with E-state index in [-0.39, 0.29) is 7.33 Å². The fraction of sp³-hybridized carbons (Fsp3) is 0.933. The second-order valence-electron chi connectivity index (χ2n) is 5.07. The molecule has 0 aliphatic carbocycles. The molecule has 0 saturated heterocycles. The summed E-state index contributed by atoms with van der Waals surface area (Å²) in [5, 5.41) is 2.89. The van der Waals surface area contributed by atoms with Crippen LogP contribution in [0, 0.1) is 0 Å². The SMILES string of the molecule is CCCCCCCCCCCC(=O)NCCCN.[HH]. The molecule has 1 amide bonds. The van der Waals surface area contributed by atoms with E-state index in [0.717, 1.165) is 19.4 Å². The summed E-state index contributed by atoms with van der Waals surface area (Å²) in [6.45, 7) is 3.63. The van der Waals surface area contributed by atoms with E-state index in [2.05, 4.69) is 12.2 Å². The number of amides is 1. The summed E-state index contributed by atoms with van der Waals surface area (Å²) < 4.78 is 0. The van der Waals surface area contributed by atoms with Gasteiger partial charge in [0, 0.05) is 14.4 Å². The van der Waals surface area contributed by atoms with E-state index in [9.17, 15) is 4.79 Å². The summed E-state index contributed by atoms with van der Waals surface area (Å²) >= 11 is 0. The van der Waals surface area contributed by atoms with Crippen molar-refractivity contribution in [3.8, 4) is 0 Å². The van der Waals surface area contributed by atoms with Gasteiger partial charge >= 0.3 is 0 Å². The van der Waals surface area contributed by atoms with Crippen molar-refractivity contribution in [1.82, 2.24) is 5.32 Å². The van der Waals surface area contributed by atoms with Crippen molar-refractivity contribution in [2.75, 3.05) is 13.1 Å². The maximum absolute atomic E-state index is 11.4. The first-order valence-corrected chi connectivity index (χ1v) is 7.78. The third kappa shape index (κ3) is 13.5. The van der Waals surface area contributed by atoms with Crippen molar-refractivity contribution >= 4 is 5.91 Å². The Bertz CT molecular complexity index is 189. The summed E-state index contributed by atoms with van der Waals surface area (Å²) in [4.78, 5) is 11.4. The molecule has 0 heterocycles. The molecule has 0 unspecified atom stereocenters. The van der Waals surface area contributed by atoms with Crippen molar-refractivity contribution in [3.63, 3.8) is 0 Å². The summed E-state index contributed by atoms with van der Waals surface area (Å²) in [5.74, 6) is 0.186. The van der Waals surface area contributed by atoms with Crippen molar-refractivity contribution in [3.05, 3.63) is 0 Å². The Morgan fingerprint density at radius 2 is 1.50 bits per heavy atom. The molecule has 3 heteroatoms. The van der Waals surface area contributed by atoms with Crippen molar-refractivity contribution in [2.45, 2.75) is 77.6 Å². The second kappa shape index (κ2) is 14.5. The summed E-state index contributed by atoms with van der Waals surface area (Å²) in [6, 6.07) is 0. The summed E-state index contributed by atoms with van der Waals surface area (Å²) in [5.41, 5.74) is 5.36. The zero-order valence-electron chi connectivity index (χ0n) is 12.2. The number of rotatable bonds is 13. The van der Waals surface area contributed by atoms with Crippen LogP contribution in [-0.2, 0) is 4.79 Å². The third-order valence-electron chi connectivity index (χ3n) is 3.21. The molecule has 0 atom stereocenters. The second-order valence-corrected chi connectivity index (χ2v) is 5.07. The van der Waals surface area contributed by atoms with E-state index in [0.29, 0.717) is 13.0 Å². The molecule has 18 heavy (non-hydrogen) atoms. The lowest BCUT2D eigenvalue weighted by Gasteiger charge is -2.04. The predicted molar refractivity (Wildman–Crippen MR) is 80.6 cm³/mol. The summed E-state index contributed by atoms with van der Waals surface area (Å²) in [6.07, 6.45) is 13.2. The van der Waals surface area contributed by atoms with Gasteiger partial charge in [0.15, 0.2) is 0 Å². The number of nitrogens with one attached hydrogen (secondary N) is 1. The van der Waals surface area contributed by atoms with E-state index in [1.807, 2.05) is 0 Å². The van der Waals surface area contributed by atoms with E-state index >= 15 is 0 Å². The molecule has 3 N–H and O–H groups in total. The van der Waals surface area contributed by atoms with Gasteiger partial charge in [0.05, 0.1) is 0 Å². The number of hydrogen-bond donors (Lipinski definition) is 2. The van der Waals surface area contributed by atoms with Crippen LogP contribution in [0.3, 0.4) is 0 Å². The molecule has 0 aliphatic rings. The maximum Gasteiger partial charge on any atom is 0.219 e. The lowest BCUT2D eigenvalue weighted by atomic mass is 10.1. The first kappa shape index (κ1) is 17.4. The van der Waals surface area contributed by atoms with Crippen LogP contribution in [0.15, 0.2) is 0 Å². The molecule has 0 aromatic rings. The van der Waals surface area contributed by atoms with Gasteiger partial charge in [-0.1, -0.05) is 58.3 Å². The van der Waals surface area contributed by atoms with Crippen molar-refractivity contribution < 1.29 is 6.22 Å². The lowest BCUT2D eigenvalue weighted by Crippen LogP contribution is -2.25. The molecule has 0 saturated carbocycles. The Morgan fingerprint density at radius 3 is 2.06 bits per heavy atom. The molecular formula is C15H34N2O. The average Bonchev–Trinajstić information content (AvgIpc) is 2.37. The molecular weight excluding hydrogens is 224 g/mol. The Labute approximate surface area is 114 Å². The smallest absolute Gasteiger partial charge is 0.219 e. The van der Waals surface area contributed by atoms with Gasteiger partial charge in [-0.05, 0) is 19.4 Å². The zero-order valence-corrected chi connectivity index (χ0v) is 12.2. The van der Waals surface area contributed by atoms with E-state index in [1.54, 1.807) is 0 Å². The van der Waals surface area contributed by atoms with Crippen LogP contribution in [0.25, 0.3) is 0 Å². The van der Waals surface area contributed by atoms with Crippen LogP contribution < -0.4 is 11.1 Å². The van der Waals surface area contributed by atoms with Gasteiger partial charge in [-0.2, -0.15) is 0 Å². The largest absolute Gasteiger partial charge is 0.356 e. The highest BCUT2D eigenvalue weighted by molar-refractivity contribution is 5.75. The molecule has 0 radical (unpaired) electrons. The summed E-state index contributed by atoms with van der Waals surface area (Å²) in [7, 11) is 0. The monoisotopic (exact) mass is 258 g/mol. The number of carbonyl (C=O) groups is 1. The first-order valence-electron chi connectivity index (χ1n) is 7.78. The molecule has 0 aromatic carbocycles. The van der Waals surface area contributed by atoms with Gasteiger partial charge in [-0.3, -0.25) is 4.79 Å². The highest BCUT2D eigenvalue weighted by Crippen LogP contribution is 2.10. The Morgan fingerprint density at radius 1 is 0.944 bits per heavy atom.